The molecule has 1 heterocycles. The number of hydrogen-bond donors (Lipinski definition) is 6. The summed E-state index contributed by atoms with van der Waals surface area (Å²) in [6, 6.07) is -0.807. The Morgan fingerprint density at radius 3 is 1.59 bits per heavy atom. The molecule has 58 heavy (non-hydrogen) atoms. The topological polar surface area (TPSA) is 149 Å². The Kier molecular flexibility index (Phi) is 35.9. The summed E-state index contributed by atoms with van der Waals surface area (Å²) in [5.74, 6) is -0.188. The van der Waals surface area contributed by atoms with Crippen molar-refractivity contribution in [2.45, 2.75) is 217 Å². The molecule has 0 bridgehead atoms. The first kappa shape index (κ1) is 53.6. The predicted octanol–water partition coefficient (Wildman–Crippen LogP) is 9.78. The van der Waals surface area contributed by atoms with E-state index in [1.165, 1.54) is 83.5 Å². The molecule has 0 aromatic rings. The van der Waals surface area contributed by atoms with Crippen LogP contribution in [0, 0.1) is 0 Å². The summed E-state index contributed by atoms with van der Waals surface area (Å²) in [5.41, 5.74) is 0. The minimum Gasteiger partial charge on any atom is -0.394 e. The van der Waals surface area contributed by atoms with Gasteiger partial charge < -0.3 is 40.3 Å². The molecule has 0 radical (unpaired) electrons. The van der Waals surface area contributed by atoms with Crippen molar-refractivity contribution in [3.63, 3.8) is 0 Å². The zero-order valence-electron chi connectivity index (χ0n) is 36.5. The highest BCUT2D eigenvalue weighted by Crippen LogP contribution is 2.22. The van der Waals surface area contributed by atoms with Gasteiger partial charge in [0.1, 0.15) is 24.4 Å². The van der Waals surface area contributed by atoms with Gasteiger partial charge in [0.15, 0.2) is 6.29 Å². The molecule has 1 amide bonds. The Hall–Kier alpha value is -2.37. The SMILES string of the molecule is CC/C=C\C/C=C\C/C=C\C/C=C\C/C=C\CCCCCCCCCCCCCC(=O)NC(COC1OC(CO)C(O)C(O)C1O)C(O)/C=C/CCCCCCCC. The maximum atomic E-state index is 12.9. The number of aliphatic hydroxyl groups is 5. The molecule has 334 valence electrons. The van der Waals surface area contributed by atoms with Crippen LogP contribution in [0.15, 0.2) is 72.9 Å². The van der Waals surface area contributed by atoms with Crippen LogP contribution in [0.3, 0.4) is 0 Å². The van der Waals surface area contributed by atoms with Gasteiger partial charge in [0.05, 0.1) is 25.4 Å². The molecule has 1 fully saturated rings. The summed E-state index contributed by atoms with van der Waals surface area (Å²) in [6.45, 7) is 3.59. The number of unbranched alkanes of at least 4 members (excludes halogenated alkanes) is 17. The van der Waals surface area contributed by atoms with Gasteiger partial charge >= 0.3 is 0 Å². The second-order valence-electron chi connectivity index (χ2n) is 15.8. The lowest BCUT2D eigenvalue weighted by atomic mass is 9.99. The third-order valence-electron chi connectivity index (χ3n) is 10.5. The summed E-state index contributed by atoms with van der Waals surface area (Å²) in [5, 5.41) is 54.0. The third kappa shape index (κ3) is 29.0. The number of carbonyl (C=O) groups excluding carboxylic acids is 1. The van der Waals surface area contributed by atoms with Gasteiger partial charge in [0.2, 0.25) is 5.91 Å². The van der Waals surface area contributed by atoms with E-state index in [0.717, 1.165) is 70.6 Å². The minimum absolute atomic E-state index is 0.188. The maximum Gasteiger partial charge on any atom is 0.220 e. The second kappa shape index (κ2) is 38.8. The van der Waals surface area contributed by atoms with E-state index in [1.54, 1.807) is 6.08 Å². The third-order valence-corrected chi connectivity index (χ3v) is 10.5. The highest BCUT2D eigenvalue weighted by molar-refractivity contribution is 5.76. The van der Waals surface area contributed by atoms with Crippen LogP contribution >= 0.6 is 0 Å². The number of carbonyl (C=O) groups is 1. The molecule has 0 aromatic carbocycles. The number of hydrogen-bond acceptors (Lipinski definition) is 8. The minimum atomic E-state index is -1.57. The van der Waals surface area contributed by atoms with Crippen molar-refractivity contribution in [2.24, 2.45) is 0 Å². The van der Waals surface area contributed by atoms with Crippen molar-refractivity contribution in [3.05, 3.63) is 72.9 Å². The van der Waals surface area contributed by atoms with Gasteiger partial charge in [-0.3, -0.25) is 4.79 Å². The lowest BCUT2D eigenvalue weighted by molar-refractivity contribution is -0.302. The summed E-state index contributed by atoms with van der Waals surface area (Å²) in [4.78, 5) is 12.9. The van der Waals surface area contributed by atoms with Crippen LogP contribution in [-0.4, -0.2) is 87.5 Å². The smallest absolute Gasteiger partial charge is 0.220 e. The molecule has 6 N–H and O–H groups in total. The summed E-state index contributed by atoms with van der Waals surface area (Å²) in [7, 11) is 0. The molecule has 0 saturated carbocycles. The molecule has 0 aromatic heterocycles. The lowest BCUT2D eigenvalue weighted by Gasteiger charge is -2.40. The van der Waals surface area contributed by atoms with E-state index >= 15 is 0 Å². The van der Waals surface area contributed by atoms with Crippen LogP contribution in [0.1, 0.15) is 174 Å². The van der Waals surface area contributed by atoms with Gasteiger partial charge in [-0.2, -0.15) is 0 Å². The molecule has 9 nitrogen and oxygen atoms in total. The Balaban J connectivity index is 2.20. The van der Waals surface area contributed by atoms with E-state index in [2.05, 4.69) is 79.9 Å². The van der Waals surface area contributed by atoms with Crippen LogP contribution in [0.4, 0.5) is 0 Å². The van der Waals surface area contributed by atoms with Crippen LogP contribution in [0.2, 0.25) is 0 Å². The fourth-order valence-electron chi connectivity index (χ4n) is 6.83. The highest BCUT2D eigenvalue weighted by atomic mass is 16.7. The first-order chi connectivity index (χ1) is 28.3. The molecule has 7 atom stereocenters. The van der Waals surface area contributed by atoms with E-state index in [0.29, 0.717) is 6.42 Å². The van der Waals surface area contributed by atoms with E-state index in [9.17, 15) is 30.3 Å². The van der Waals surface area contributed by atoms with Crippen molar-refractivity contribution in [1.82, 2.24) is 5.32 Å². The summed E-state index contributed by atoms with van der Waals surface area (Å²) < 4.78 is 11.2. The van der Waals surface area contributed by atoms with Gasteiger partial charge in [-0.05, 0) is 64.2 Å². The Morgan fingerprint density at radius 1 is 0.603 bits per heavy atom. The molecule has 1 aliphatic heterocycles. The zero-order chi connectivity index (χ0) is 42.3. The maximum absolute atomic E-state index is 12.9. The van der Waals surface area contributed by atoms with Crippen LogP contribution in [-0.2, 0) is 14.3 Å². The predicted molar refractivity (Wildman–Crippen MR) is 239 cm³/mol. The number of aliphatic hydroxyl groups excluding tert-OH is 5. The van der Waals surface area contributed by atoms with Crippen molar-refractivity contribution >= 4 is 5.91 Å². The molecule has 1 aliphatic rings. The quantitative estimate of drug-likeness (QED) is 0.0268. The average Bonchev–Trinajstić information content (AvgIpc) is 3.22. The number of amides is 1. The molecule has 7 unspecified atom stereocenters. The molecular weight excluding hydrogens is 731 g/mol. The Labute approximate surface area is 353 Å². The number of allylic oxidation sites excluding steroid dienone is 11. The standard InChI is InChI=1S/C49H85NO8/c1-3-5-7-9-11-13-14-15-16-17-18-19-20-21-22-23-24-25-26-27-28-29-30-31-33-35-37-39-45(53)50-42(43(52)38-36-34-32-12-10-8-6-4-2)41-57-49-48(56)47(55)46(54)44(40-51)58-49/h5,7,11,13,15-16,18-19,21-22,36,38,42-44,46-49,51-52,54-56H,3-4,6,8-10,12,14,17,20,23-35,37,39-41H2,1-2H3,(H,50,53)/b7-5-,13-11-,16-15-,19-18-,22-21-,38-36+. The Morgan fingerprint density at radius 2 is 1.07 bits per heavy atom. The normalized spacial score (nSPS) is 21.5. The largest absolute Gasteiger partial charge is 0.394 e. The van der Waals surface area contributed by atoms with E-state index < -0.39 is 49.5 Å². The van der Waals surface area contributed by atoms with E-state index in [-0.39, 0.29) is 12.5 Å². The summed E-state index contributed by atoms with van der Waals surface area (Å²) in [6.07, 6.45) is 45.4. The van der Waals surface area contributed by atoms with Gasteiger partial charge in [0, 0.05) is 6.42 Å². The molecule has 9 heteroatoms. The van der Waals surface area contributed by atoms with Crippen LogP contribution in [0.25, 0.3) is 0 Å². The van der Waals surface area contributed by atoms with Gasteiger partial charge in [0.25, 0.3) is 0 Å². The van der Waals surface area contributed by atoms with Crippen molar-refractivity contribution in [2.75, 3.05) is 13.2 Å². The number of rotatable bonds is 37. The molecule has 1 rings (SSSR count). The van der Waals surface area contributed by atoms with Gasteiger partial charge in [-0.1, -0.05) is 177 Å². The average molecular weight is 816 g/mol. The molecule has 1 saturated heterocycles. The summed E-state index contributed by atoms with van der Waals surface area (Å²) >= 11 is 0. The van der Waals surface area contributed by atoms with E-state index in [1.807, 2.05) is 6.08 Å². The van der Waals surface area contributed by atoms with Gasteiger partial charge in [-0.15, -0.1) is 0 Å². The van der Waals surface area contributed by atoms with Crippen molar-refractivity contribution < 1.29 is 39.8 Å². The Bertz CT molecular complexity index is 1130. The molecular formula is C49H85NO8. The second-order valence-corrected chi connectivity index (χ2v) is 15.8. The van der Waals surface area contributed by atoms with Crippen LogP contribution < -0.4 is 5.32 Å². The monoisotopic (exact) mass is 816 g/mol. The van der Waals surface area contributed by atoms with Crippen molar-refractivity contribution in [3.8, 4) is 0 Å². The lowest BCUT2D eigenvalue weighted by Crippen LogP contribution is -2.60. The molecule has 0 aliphatic carbocycles. The van der Waals surface area contributed by atoms with Crippen molar-refractivity contribution in [1.29, 1.82) is 0 Å². The van der Waals surface area contributed by atoms with E-state index in [4.69, 9.17) is 9.47 Å². The first-order valence-electron chi connectivity index (χ1n) is 23.2. The highest BCUT2D eigenvalue weighted by Gasteiger charge is 2.44. The fourth-order valence-corrected chi connectivity index (χ4v) is 6.83. The fraction of sp³-hybridized carbons (Fsp3) is 0.735. The zero-order valence-corrected chi connectivity index (χ0v) is 36.5. The first-order valence-corrected chi connectivity index (χ1v) is 23.2. The van der Waals surface area contributed by atoms with Gasteiger partial charge in [-0.25, -0.2) is 0 Å². The van der Waals surface area contributed by atoms with Crippen LogP contribution in [0.5, 0.6) is 0 Å². The molecule has 0 spiro atoms. The number of nitrogens with one attached hydrogen (secondary N) is 1. The number of ether oxygens (including phenoxy) is 2.